The van der Waals surface area contributed by atoms with Gasteiger partial charge in [-0.15, -0.1) is 0 Å². The van der Waals surface area contributed by atoms with Crippen LogP contribution in [0, 0.1) is 6.92 Å². The van der Waals surface area contributed by atoms with Crippen molar-refractivity contribution in [3.63, 3.8) is 0 Å². The zero-order chi connectivity index (χ0) is 14.3. The highest BCUT2D eigenvalue weighted by Crippen LogP contribution is 2.09. The molecule has 0 bridgehead atoms. The molecule has 0 saturated carbocycles. The smallest absolute Gasteiger partial charge is 0.233 e. The van der Waals surface area contributed by atoms with Crippen LogP contribution in [0.4, 0.5) is 5.69 Å². The van der Waals surface area contributed by atoms with Gasteiger partial charge in [0, 0.05) is 18.7 Å². The van der Waals surface area contributed by atoms with E-state index in [0.717, 1.165) is 17.7 Å². The van der Waals surface area contributed by atoms with Crippen molar-refractivity contribution in [2.24, 2.45) is 0 Å². The number of anilines is 1. The Hall–Kier alpha value is -1.36. The summed E-state index contributed by atoms with van der Waals surface area (Å²) in [4.78, 5) is 23.0. The minimum absolute atomic E-state index is 0.0779. The van der Waals surface area contributed by atoms with Gasteiger partial charge in [-0.1, -0.05) is 35.0 Å². The summed E-state index contributed by atoms with van der Waals surface area (Å²) in [5.41, 5.74) is 1.87. The van der Waals surface area contributed by atoms with Crippen LogP contribution < -0.4 is 10.6 Å². The first kappa shape index (κ1) is 15.7. The molecule has 2 amide bonds. The summed E-state index contributed by atoms with van der Waals surface area (Å²) >= 11 is 3.26. The summed E-state index contributed by atoms with van der Waals surface area (Å²) in [6.07, 6.45) is 0.991. The monoisotopic (exact) mass is 326 g/mol. The first-order chi connectivity index (χ1) is 9.02. The molecule has 104 valence electrons. The second-order valence-corrected chi connectivity index (χ2v) is 5.44. The molecule has 19 heavy (non-hydrogen) atoms. The third-order valence-electron chi connectivity index (χ3n) is 2.60. The maximum atomic E-state index is 11.7. The maximum Gasteiger partial charge on any atom is 0.233 e. The lowest BCUT2D eigenvalue weighted by Crippen LogP contribution is -2.33. The largest absolute Gasteiger partial charge is 0.355 e. The van der Waals surface area contributed by atoms with Gasteiger partial charge < -0.3 is 10.6 Å². The number of hydrogen-bond acceptors (Lipinski definition) is 2. The summed E-state index contributed by atoms with van der Waals surface area (Å²) in [6.45, 7) is 4.23. The van der Waals surface area contributed by atoms with Gasteiger partial charge in [-0.3, -0.25) is 9.59 Å². The molecule has 1 aromatic rings. The summed E-state index contributed by atoms with van der Waals surface area (Å²) in [6, 6.07) is 7.61. The quantitative estimate of drug-likeness (QED) is 0.789. The third-order valence-corrected chi connectivity index (χ3v) is 3.66. The van der Waals surface area contributed by atoms with E-state index in [1.807, 2.05) is 38.1 Å². The molecule has 0 fully saturated rings. The van der Waals surface area contributed by atoms with E-state index in [0.29, 0.717) is 6.54 Å². The van der Waals surface area contributed by atoms with E-state index in [4.69, 9.17) is 0 Å². The normalized spacial score (nSPS) is 11.7. The SMILES string of the molecule is CC[C@H](Br)C(=O)NCCC(=O)Nc1cccc(C)c1. The second kappa shape index (κ2) is 7.94. The topological polar surface area (TPSA) is 58.2 Å². The summed E-state index contributed by atoms with van der Waals surface area (Å²) < 4.78 is 0. The van der Waals surface area contributed by atoms with Crippen LogP contribution in [-0.4, -0.2) is 23.2 Å². The lowest BCUT2D eigenvalue weighted by atomic mass is 10.2. The van der Waals surface area contributed by atoms with Crippen LogP contribution in [0.3, 0.4) is 0 Å². The molecule has 0 saturated heterocycles. The van der Waals surface area contributed by atoms with Gasteiger partial charge in [-0.25, -0.2) is 0 Å². The van der Waals surface area contributed by atoms with E-state index in [9.17, 15) is 9.59 Å². The van der Waals surface area contributed by atoms with Crippen molar-refractivity contribution in [3.8, 4) is 0 Å². The van der Waals surface area contributed by atoms with E-state index >= 15 is 0 Å². The fraction of sp³-hybridized carbons (Fsp3) is 0.429. The molecule has 0 aliphatic carbocycles. The van der Waals surface area contributed by atoms with Crippen LogP contribution in [0.15, 0.2) is 24.3 Å². The molecule has 2 N–H and O–H groups in total. The number of aryl methyl sites for hydroxylation is 1. The molecule has 0 aromatic heterocycles. The molecule has 1 atom stereocenters. The van der Waals surface area contributed by atoms with Crippen molar-refractivity contribution < 1.29 is 9.59 Å². The standard InChI is InChI=1S/C14H19BrN2O2/c1-3-12(15)14(19)16-8-7-13(18)17-11-6-4-5-10(2)9-11/h4-6,9,12H,3,7-8H2,1-2H3,(H,16,19)(H,17,18)/t12-/m0/s1. The molecule has 4 nitrogen and oxygen atoms in total. The van der Waals surface area contributed by atoms with Crippen LogP contribution in [0.2, 0.25) is 0 Å². The van der Waals surface area contributed by atoms with Gasteiger partial charge in [0.15, 0.2) is 0 Å². The Morgan fingerprint density at radius 1 is 1.37 bits per heavy atom. The molecule has 0 aliphatic heterocycles. The van der Waals surface area contributed by atoms with Crippen molar-refractivity contribution in [2.45, 2.75) is 31.5 Å². The highest BCUT2D eigenvalue weighted by atomic mass is 79.9. The molecule has 0 aliphatic rings. The number of alkyl halides is 1. The summed E-state index contributed by atoms with van der Waals surface area (Å²) in [5, 5.41) is 5.51. The van der Waals surface area contributed by atoms with Crippen molar-refractivity contribution in [1.29, 1.82) is 0 Å². The van der Waals surface area contributed by atoms with Gasteiger partial charge in [0.25, 0.3) is 0 Å². The van der Waals surface area contributed by atoms with Gasteiger partial charge in [0.05, 0.1) is 4.83 Å². The fourth-order valence-electron chi connectivity index (χ4n) is 1.54. The molecule has 0 heterocycles. The molecular formula is C14H19BrN2O2. The first-order valence-corrected chi connectivity index (χ1v) is 7.22. The maximum absolute atomic E-state index is 11.7. The summed E-state index contributed by atoms with van der Waals surface area (Å²) in [7, 11) is 0. The van der Waals surface area contributed by atoms with Crippen molar-refractivity contribution in [2.75, 3.05) is 11.9 Å². The van der Waals surface area contributed by atoms with Gasteiger partial charge in [0.2, 0.25) is 11.8 Å². The highest BCUT2D eigenvalue weighted by Gasteiger charge is 2.11. The van der Waals surface area contributed by atoms with Gasteiger partial charge in [-0.2, -0.15) is 0 Å². The number of carbonyl (C=O) groups is 2. The van der Waals surface area contributed by atoms with Gasteiger partial charge in [0.1, 0.15) is 0 Å². The molecule has 5 heteroatoms. The van der Waals surface area contributed by atoms with Crippen LogP contribution in [-0.2, 0) is 9.59 Å². The second-order valence-electron chi connectivity index (χ2n) is 4.33. The molecule has 0 spiro atoms. The van der Waals surface area contributed by atoms with Crippen LogP contribution in [0.5, 0.6) is 0 Å². The van der Waals surface area contributed by atoms with Crippen LogP contribution in [0.1, 0.15) is 25.3 Å². The number of halogens is 1. The number of carbonyl (C=O) groups excluding carboxylic acids is 2. The van der Waals surface area contributed by atoms with E-state index in [1.165, 1.54) is 0 Å². The number of nitrogens with one attached hydrogen (secondary N) is 2. The van der Waals surface area contributed by atoms with E-state index < -0.39 is 0 Å². The molecule has 0 radical (unpaired) electrons. The van der Waals surface area contributed by atoms with Gasteiger partial charge in [-0.05, 0) is 31.0 Å². The van der Waals surface area contributed by atoms with Crippen LogP contribution in [0.25, 0.3) is 0 Å². The fourth-order valence-corrected chi connectivity index (χ4v) is 1.70. The Labute approximate surface area is 122 Å². The van der Waals surface area contributed by atoms with Gasteiger partial charge >= 0.3 is 0 Å². The predicted molar refractivity (Wildman–Crippen MR) is 80.4 cm³/mol. The van der Waals surface area contributed by atoms with E-state index in [2.05, 4.69) is 26.6 Å². The predicted octanol–water partition coefficient (Wildman–Crippen LogP) is 2.61. The lowest BCUT2D eigenvalue weighted by Gasteiger charge is -2.09. The number of hydrogen-bond donors (Lipinski definition) is 2. The van der Waals surface area contributed by atoms with Crippen LogP contribution >= 0.6 is 15.9 Å². The molecule has 1 rings (SSSR count). The van der Waals surface area contributed by atoms with Crippen molar-refractivity contribution in [3.05, 3.63) is 29.8 Å². The summed E-state index contributed by atoms with van der Waals surface area (Å²) in [5.74, 6) is -0.181. The average molecular weight is 327 g/mol. The first-order valence-electron chi connectivity index (χ1n) is 6.31. The molecule has 1 aromatic carbocycles. The molecular weight excluding hydrogens is 308 g/mol. The number of benzene rings is 1. The lowest BCUT2D eigenvalue weighted by molar-refractivity contribution is -0.120. The number of amides is 2. The Bertz CT molecular complexity index is 449. The Morgan fingerprint density at radius 3 is 2.74 bits per heavy atom. The van der Waals surface area contributed by atoms with E-state index in [-0.39, 0.29) is 23.1 Å². The molecule has 0 unspecified atom stereocenters. The van der Waals surface area contributed by atoms with E-state index in [1.54, 1.807) is 0 Å². The van der Waals surface area contributed by atoms with Crippen molar-refractivity contribution >= 4 is 33.4 Å². The average Bonchev–Trinajstić information content (AvgIpc) is 2.37. The minimum atomic E-state index is -0.188. The Balaban J connectivity index is 2.31. The Kier molecular flexibility index (Phi) is 6.56. The number of rotatable bonds is 6. The Morgan fingerprint density at radius 2 is 2.11 bits per heavy atom. The van der Waals surface area contributed by atoms with Crippen molar-refractivity contribution in [1.82, 2.24) is 5.32 Å². The zero-order valence-corrected chi connectivity index (χ0v) is 12.8. The minimum Gasteiger partial charge on any atom is -0.355 e. The third kappa shape index (κ3) is 5.87. The highest BCUT2D eigenvalue weighted by molar-refractivity contribution is 9.10. The zero-order valence-electron chi connectivity index (χ0n) is 11.2.